The molecule has 6 heteroatoms. The van der Waals surface area contributed by atoms with Crippen LogP contribution in [0.4, 0.5) is 0 Å². The molecule has 4 nitrogen and oxygen atoms in total. The first-order valence-corrected chi connectivity index (χ1v) is 14.8. The molecule has 0 radical (unpaired) electrons. The summed E-state index contributed by atoms with van der Waals surface area (Å²) in [5, 5.41) is 0. The average molecular weight is 531 g/mol. The van der Waals surface area contributed by atoms with E-state index in [1.54, 1.807) is 25.2 Å². The number of Topliss-reactive ketones (excluding diaryl/α,β-unsaturated/α-hetero) is 4. The molecule has 0 spiro atoms. The molecule has 1 aliphatic heterocycles. The molecule has 4 aliphatic carbocycles. The molecule has 0 saturated carbocycles. The summed E-state index contributed by atoms with van der Waals surface area (Å²) < 4.78 is 0. The summed E-state index contributed by atoms with van der Waals surface area (Å²) in [6.45, 7) is 7.59. The molecule has 0 amide bonds. The van der Waals surface area contributed by atoms with E-state index in [4.69, 9.17) is 0 Å². The summed E-state index contributed by atoms with van der Waals surface area (Å²) in [6.07, 6.45) is 1.77. The Hall–Kier alpha value is -2.83. The number of carbonyl (C=O) groups is 4. The number of hydrogen-bond donors (Lipinski definition) is 0. The van der Waals surface area contributed by atoms with E-state index in [9.17, 15) is 19.2 Å². The number of fused-ring (bicyclic) bond motifs is 3. The van der Waals surface area contributed by atoms with E-state index in [2.05, 4.69) is 6.07 Å². The van der Waals surface area contributed by atoms with Crippen molar-refractivity contribution in [2.45, 2.75) is 69.1 Å². The Balaban J connectivity index is 0.000000153. The summed E-state index contributed by atoms with van der Waals surface area (Å²) in [6, 6.07) is 15.8. The fourth-order valence-electron chi connectivity index (χ4n) is 5.87. The highest BCUT2D eigenvalue weighted by molar-refractivity contribution is 7.99. The predicted molar refractivity (Wildman–Crippen MR) is 148 cm³/mol. The molecule has 2 aromatic carbocycles. The number of hydrogen-bond acceptors (Lipinski definition) is 6. The molecule has 4 unspecified atom stereocenters. The molecule has 2 bridgehead atoms. The van der Waals surface area contributed by atoms with E-state index < -0.39 is 0 Å². The van der Waals surface area contributed by atoms with Crippen molar-refractivity contribution in [2.24, 2.45) is 0 Å². The zero-order valence-electron chi connectivity index (χ0n) is 21.5. The molecule has 4 atom stereocenters. The van der Waals surface area contributed by atoms with Gasteiger partial charge in [-0.15, -0.1) is 23.1 Å². The average Bonchev–Trinajstić information content (AvgIpc) is 3.47. The fourth-order valence-corrected chi connectivity index (χ4v) is 8.86. The van der Waals surface area contributed by atoms with Gasteiger partial charge in [0, 0.05) is 32.2 Å². The van der Waals surface area contributed by atoms with Crippen molar-refractivity contribution < 1.29 is 19.2 Å². The largest absolute Gasteiger partial charge is 0.290 e. The molecule has 0 N–H and O–H groups in total. The van der Waals surface area contributed by atoms with Crippen LogP contribution < -0.4 is 0 Å². The van der Waals surface area contributed by atoms with E-state index >= 15 is 0 Å². The van der Waals surface area contributed by atoms with Crippen LogP contribution in [0.25, 0.3) is 0 Å². The third-order valence-electron chi connectivity index (χ3n) is 7.75. The highest BCUT2D eigenvalue weighted by Crippen LogP contribution is 2.54. The summed E-state index contributed by atoms with van der Waals surface area (Å²) in [5.74, 6) is -0.872. The monoisotopic (exact) mass is 530 g/mol. The fraction of sp³-hybridized carbons (Fsp3) is 0.355. The third-order valence-corrected chi connectivity index (χ3v) is 10.4. The van der Waals surface area contributed by atoms with Gasteiger partial charge in [0.2, 0.25) is 23.1 Å². The predicted octanol–water partition coefficient (Wildman–Crippen LogP) is 6.39. The van der Waals surface area contributed by atoms with Crippen LogP contribution in [0.5, 0.6) is 0 Å². The van der Waals surface area contributed by atoms with Gasteiger partial charge in [-0.2, -0.15) is 0 Å². The summed E-state index contributed by atoms with van der Waals surface area (Å²) in [4.78, 5) is 52.2. The Morgan fingerprint density at radius 3 is 1.92 bits per heavy atom. The van der Waals surface area contributed by atoms with Crippen LogP contribution in [-0.2, 0) is 32.0 Å². The van der Waals surface area contributed by atoms with Crippen LogP contribution in [-0.4, -0.2) is 28.9 Å². The molecule has 5 aliphatic rings. The molecule has 190 valence electrons. The van der Waals surface area contributed by atoms with Crippen molar-refractivity contribution in [1.82, 2.24) is 0 Å². The van der Waals surface area contributed by atoms with Crippen molar-refractivity contribution in [2.75, 3.05) is 5.75 Å². The minimum Gasteiger partial charge on any atom is -0.290 e. The van der Waals surface area contributed by atoms with Crippen molar-refractivity contribution in [3.8, 4) is 0 Å². The number of rotatable bonds is 0. The number of thioether (sulfide) groups is 1. The second-order valence-electron chi connectivity index (χ2n) is 9.65. The maximum atomic E-state index is 12.7. The van der Waals surface area contributed by atoms with Gasteiger partial charge in [-0.05, 0) is 40.7 Å². The van der Waals surface area contributed by atoms with Gasteiger partial charge < -0.3 is 0 Å². The Bertz CT molecular complexity index is 1390. The molecule has 8 rings (SSSR count). The van der Waals surface area contributed by atoms with E-state index in [0.717, 1.165) is 28.9 Å². The Morgan fingerprint density at radius 2 is 1.30 bits per heavy atom. The van der Waals surface area contributed by atoms with Gasteiger partial charge >= 0.3 is 0 Å². The van der Waals surface area contributed by atoms with E-state index in [0.29, 0.717) is 6.42 Å². The SMILES string of the molecule is CC.CC1C(=O)C(=O)C(C)c2ccccc21.O=C1C(=O)C2c3ccccc3CC1c1sc3c(c12)SCC3. The van der Waals surface area contributed by atoms with Crippen molar-refractivity contribution in [3.05, 3.63) is 86.1 Å². The molecule has 0 fully saturated rings. The molecule has 1 aromatic heterocycles. The van der Waals surface area contributed by atoms with E-state index in [-0.39, 0.29) is 46.8 Å². The lowest BCUT2D eigenvalue weighted by Gasteiger charge is -2.24. The number of carbonyl (C=O) groups excluding carboxylic acids is 4. The van der Waals surface area contributed by atoms with Crippen LogP contribution in [0, 0.1) is 0 Å². The first kappa shape index (κ1) is 25.8. The minimum atomic E-state index is -0.340. The maximum Gasteiger partial charge on any atom is 0.210 e. The zero-order chi connectivity index (χ0) is 26.4. The topological polar surface area (TPSA) is 68.3 Å². The third kappa shape index (κ3) is 4.05. The highest BCUT2D eigenvalue weighted by Gasteiger charge is 2.48. The van der Waals surface area contributed by atoms with Crippen LogP contribution in [0.15, 0.2) is 53.4 Å². The van der Waals surface area contributed by atoms with Gasteiger partial charge in [0.25, 0.3) is 0 Å². The Kier molecular flexibility index (Phi) is 7.08. The van der Waals surface area contributed by atoms with Crippen LogP contribution >= 0.6 is 23.1 Å². The quantitative estimate of drug-likeness (QED) is 0.315. The molecule has 0 saturated heterocycles. The second-order valence-corrected chi connectivity index (χ2v) is 11.9. The smallest absolute Gasteiger partial charge is 0.210 e. The number of aryl methyl sites for hydroxylation is 1. The van der Waals surface area contributed by atoms with Crippen LogP contribution in [0.3, 0.4) is 0 Å². The highest BCUT2D eigenvalue weighted by atomic mass is 32.2. The molecular formula is C31H30O4S2. The lowest BCUT2D eigenvalue weighted by atomic mass is 9.76. The summed E-state index contributed by atoms with van der Waals surface area (Å²) in [7, 11) is 0. The zero-order valence-corrected chi connectivity index (χ0v) is 23.1. The van der Waals surface area contributed by atoms with Gasteiger partial charge in [0.15, 0.2) is 0 Å². The molecule has 2 heterocycles. The Labute approximate surface area is 225 Å². The van der Waals surface area contributed by atoms with Crippen LogP contribution in [0.2, 0.25) is 0 Å². The van der Waals surface area contributed by atoms with Crippen molar-refractivity contribution >= 4 is 46.2 Å². The van der Waals surface area contributed by atoms with Gasteiger partial charge in [-0.25, -0.2) is 0 Å². The van der Waals surface area contributed by atoms with Crippen LogP contribution in [0.1, 0.15) is 88.9 Å². The molecule has 37 heavy (non-hydrogen) atoms. The van der Waals surface area contributed by atoms with Gasteiger partial charge in [0.1, 0.15) is 0 Å². The normalized spacial score (nSPS) is 24.5. The Morgan fingerprint density at radius 1 is 0.730 bits per heavy atom. The number of benzene rings is 2. The van der Waals surface area contributed by atoms with Crippen molar-refractivity contribution in [1.29, 1.82) is 0 Å². The maximum absolute atomic E-state index is 12.7. The number of ketones is 4. The van der Waals surface area contributed by atoms with Gasteiger partial charge in [0.05, 0.1) is 11.8 Å². The van der Waals surface area contributed by atoms with E-state index in [1.807, 2.05) is 68.1 Å². The lowest BCUT2D eigenvalue weighted by Crippen LogP contribution is -2.31. The first-order chi connectivity index (χ1) is 17.9. The molecular weight excluding hydrogens is 500 g/mol. The van der Waals surface area contributed by atoms with Gasteiger partial charge in [-0.3, -0.25) is 19.2 Å². The summed E-state index contributed by atoms with van der Waals surface area (Å²) in [5.41, 5.74) is 5.42. The van der Waals surface area contributed by atoms with Gasteiger partial charge in [-0.1, -0.05) is 76.2 Å². The first-order valence-electron chi connectivity index (χ1n) is 13.0. The number of thiophene rings is 1. The second kappa shape index (κ2) is 10.1. The lowest BCUT2D eigenvalue weighted by molar-refractivity contribution is -0.138. The minimum absolute atomic E-state index is 0.173. The van der Waals surface area contributed by atoms with E-state index in [1.165, 1.54) is 25.8 Å². The standard InChI is InChI=1S/C17H12O2S2.C12H12O2.C2H6/c18-14-10-7-8-3-1-2-4-9(8)12(15(14)19)13-16(10)21-11-5-6-20-17(11)13;1-7-9-5-3-4-6-10(9)8(2)12(14)11(7)13;1-2/h1-4,10,12H,5-7H2;3-8H,1-2H3;1-2H3. The summed E-state index contributed by atoms with van der Waals surface area (Å²) >= 11 is 3.65. The van der Waals surface area contributed by atoms with Crippen molar-refractivity contribution in [3.63, 3.8) is 0 Å². The molecule has 3 aromatic rings.